The van der Waals surface area contributed by atoms with Gasteiger partial charge in [-0.1, -0.05) is 0 Å². The van der Waals surface area contributed by atoms with Gasteiger partial charge in [-0.05, 0) is 41.5 Å². The fraction of sp³-hybridized carbons (Fsp3) is 0.500. The standard InChI is InChI=1S/C6H7IN2/c7-6-4-5-2-1-3-9(5)8-6/h4H,1-3H2. The van der Waals surface area contributed by atoms with Crippen molar-refractivity contribution in [2.45, 2.75) is 19.4 Å². The number of rotatable bonds is 0. The van der Waals surface area contributed by atoms with E-state index in [4.69, 9.17) is 0 Å². The lowest BCUT2D eigenvalue weighted by atomic mass is 10.3. The Labute approximate surface area is 67.4 Å². The van der Waals surface area contributed by atoms with Gasteiger partial charge in [0.15, 0.2) is 0 Å². The molecular formula is C6H7IN2. The minimum absolute atomic E-state index is 1.12. The van der Waals surface area contributed by atoms with Crippen molar-refractivity contribution in [2.24, 2.45) is 0 Å². The Morgan fingerprint density at radius 1 is 1.67 bits per heavy atom. The maximum absolute atomic E-state index is 4.29. The normalized spacial score (nSPS) is 16.1. The van der Waals surface area contributed by atoms with Crippen molar-refractivity contribution in [1.82, 2.24) is 9.78 Å². The molecule has 1 aliphatic rings. The van der Waals surface area contributed by atoms with E-state index in [0.29, 0.717) is 0 Å². The van der Waals surface area contributed by atoms with Gasteiger partial charge >= 0.3 is 0 Å². The first-order chi connectivity index (χ1) is 4.36. The Hall–Kier alpha value is -0.0600. The molecule has 2 rings (SSSR count). The van der Waals surface area contributed by atoms with Crippen LogP contribution in [0.2, 0.25) is 0 Å². The van der Waals surface area contributed by atoms with E-state index in [1.165, 1.54) is 18.5 Å². The summed E-state index contributed by atoms with van der Waals surface area (Å²) in [6.45, 7) is 1.12. The highest BCUT2D eigenvalue weighted by Gasteiger charge is 2.11. The van der Waals surface area contributed by atoms with Gasteiger partial charge in [-0.25, -0.2) is 0 Å². The first kappa shape index (κ1) is 5.70. The Balaban J connectivity index is 2.51. The zero-order valence-electron chi connectivity index (χ0n) is 4.97. The number of fused-ring (bicyclic) bond motifs is 1. The highest BCUT2D eigenvalue weighted by atomic mass is 127. The predicted octanol–water partition coefficient (Wildman–Crippen LogP) is 1.43. The lowest BCUT2D eigenvalue weighted by molar-refractivity contribution is 0.651. The van der Waals surface area contributed by atoms with Crippen LogP contribution in [-0.2, 0) is 13.0 Å². The van der Waals surface area contributed by atoms with Crippen LogP contribution in [0.25, 0.3) is 0 Å². The average Bonchev–Trinajstić information content (AvgIpc) is 2.22. The maximum atomic E-state index is 4.29. The molecule has 1 aliphatic heterocycles. The van der Waals surface area contributed by atoms with Crippen LogP contribution in [0, 0.1) is 3.70 Å². The van der Waals surface area contributed by atoms with Crippen molar-refractivity contribution in [3.63, 3.8) is 0 Å². The van der Waals surface area contributed by atoms with E-state index < -0.39 is 0 Å². The second-order valence-electron chi connectivity index (χ2n) is 2.29. The summed E-state index contributed by atoms with van der Waals surface area (Å²) in [7, 11) is 0. The van der Waals surface area contributed by atoms with Crippen molar-refractivity contribution in [1.29, 1.82) is 0 Å². The van der Waals surface area contributed by atoms with Gasteiger partial charge in [-0.2, -0.15) is 5.10 Å². The molecule has 3 heteroatoms. The minimum Gasteiger partial charge on any atom is -0.269 e. The van der Waals surface area contributed by atoms with E-state index in [1.54, 1.807) is 0 Å². The van der Waals surface area contributed by atoms with Crippen molar-refractivity contribution in [2.75, 3.05) is 0 Å². The fourth-order valence-corrected chi connectivity index (χ4v) is 1.85. The molecule has 9 heavy (non-hydrogen) atoms. The van der Waals surface area contributed by atoms with Gasteiger partial charge in [0.2, 0.25) is 0 Å². The van der Waals surface area contributed by atoms with Crippen LogP contribution in [0.4, 0.5) is 0 Å². The van der Waals surface area contributed by atoms with Crippen LogP contribution < -0.4 is 0 Å². The van der Waals surface area contributed by atoms with Crippen molar-refractivity contribution >= 4 is 22.6 Å². The van der Waals surface area contributed by atoms with Crippen LogP contribution in [0.5, 0.6) is 0 Å². The van der Waals surface area contributed by atoms with Gasteiger partial charge in [0.1, 0.15) is 3.70 Å². The quantitative estimate of drug-likeness (QED) is 0.621. The van der Waals surface area contributed by atoms with Crippen LogP contribution in [0.1, 0.15) is 12.1 Å². The van der Waals surface area contributed by atoms with Crippen molar-refractivity contribution in [3.05, 3.63) is 15.5 Å². The molecule has 1 aromatic rings. The van der Waals surface area contributed by atoms with E-state index in [-0.39, 0.29) is 0 Å². The summed E-state index contributed by atoms with van der Waals surface area (Å²) < 4.78 is 3.23. The topological polar surface area (TPSA) is 17.8 Å². The molecule has 2 nitrogen and oxygen atoms in total. The van der Waals surface area contributed by atoms with Crippen molar-refractivity contribution < 1.29 is 0 Å². The van der Waals surface area contributed by atoms with Gasteiger partial charge in [0, 0.05) is 12.2 Å². The largest absolute Gasteiger partial charge is 0.269 e. The molecule has 48 valence electrons. The number of aryl methyl sites for hydroxylation is 2. The van der Waals surface area contributed by atoms with Gasteiger partial charge in [-0.15, -0.1) is 0 Å². The molecule has 0 saturated heterocycles. The lowest BCUT2D eigenvalue weighted by Crippen LogP contribution is -1.93. The Morgan fingerprint density at radius 2 is 2.56 bits per heavy atom. The van der Waals surface area contributed by atoms with E-state index >= 15 is 0 Å². The fourth-order valence-electron chi connectivity index (χ4n) is 1.23. The molecule has 0 saturated carbocycles. The third-order valence-electron chi connectivity index (χ3n) is 1.64. The molecule has 0 aromatic carbocycles. The molecule has 0 fully saturated rings. The lowest BCUT2D eigenvalue weighted by Gasteiger charge is -1.88. The predicted molar refractivity (Wildman–Crippen MR) is 43.3 cm³/mol. The molecule has 0 spiro atoms. The van der Waals surface area contributed by atoms with E-state index in [1.807, 2.05) is 0 Å². The highest BCUT2D eigenvalue weighted by Crippen LogP contribution is 2.15. The summed E-state index contributed by atoms with van der Waals surface area (Å²) in [5.41, 5.74) is 1.40. The monoisotopic (exact) mass is 234 g/mol. The van der Waals surface area contributed by atoms with Crippen LogP contribution >= 0.6 is 22.6 Å². The molecule has 0 amide bonds. The number of nitrogens with zero attached hydrogens (tertiary/aromatic N) is 2. The zero-order valence-corrected chi connectivity index (χ0v) is 7.13. The SMILES string of the molecule is Ic1cc2n(n1)CCC2. The highest BCUT2D eigenvalue weighted by molar-refractivity contribution is 14.1. The van der Waals surface area contributed by atoms with Gasteiger partial charge in [-0.3, -0.25) is 4.68 Å². The van der Waals surface area contributed by atoms with E-state index in [9.17, 15) is 0 Å². The number of hydrogen-bond acceptors (Lipinski definition) is 1. The zero-order chi connectivity index (χ0) is 6.27. The molecule has 2 heterocycles. The molecule has 0 aliphatic carbocycles. The van der Waals surface area contributed by atoms with Crippen LogP contribution in [-0.4, -0.2) is 9.78 Å². The van der Waals surface area contributed by atoms with Crippen molar-refractivity contribution in [3.8, 4) is 0 Å². The summed E-state index contributed by atoms with van der Waals surface area (Å²) >= 11 is 2.25. The molecule has 0 unspecified atom stereocenters. The summed E-state index contributed by atoms with van der Waals surface area (Å²) in [5.74, 6) is 0. The summed E-state index contributed by atoms with van der Waals surface area (Å²) in [4.78, 5) is 0. The summed E-state index contributed by atoms with van der Waals surface area (Å²) in [6.07, 6.45) is 2.50. The smallest absolute Gasteiger partial charge is 0.123 e. The Morgan fingerprint density at radius 3 is 3.33 bits per heavy atom. The second kappa shape index (κ2) is 1.97. The maximum Gasteiger partial charge on any atom is 0.123 e. The number of aromatic nitrogens is 2. The average molecular weight is 234 g/mol. The molecule has 0 bridgehead atoms. The number of hydrogen-bond donors (Lipinski definition) is 0. The van der Waals surface area contributed by atoms with Gasteiger partial charge in [0.25, 0.3) is 0 Å². The minimum atomic E-state index is 1.12. The molecule has 0 radical (unpaired) electrons. The van der Waals surface area contributed by atoms with Crippen LogP contribution in [0.15, 0.2) is 6.07 Å². The van der Waals surface area contributed by atoms with E-state index in [2.05, 4.69) is 38.4 Å². The van der Waals surface area contributed by atoms with Crippen LogP contribution in [0.3, 0.4) is 0 Å². The third kappa shape index (κ3) is 0.870. The summed E-state index contributed by atoms with van der Waals surface area (Å²) in [5, 5.41) is 4.29. The Kier molecular flexibility index (Phi) is 1.25. The van der Waals surface area contributed by atoms with Gasteiger partial charge in [0.05, 0.1) is 0 Å². The second-order valence-corrected chi connectivity index (χ2v) is 3.39. The van der Waals surface area contributed by atoms with Gasteiger partial charge < -0.3 is 0 Å². The third-order valence-corrected chi connectivity index (χ3v) is 2.16. The van der Waals surface area contributed by atoms with E-state index in [0.717, 1.165) is 10.2 Å². The molecule has 1 aromatic heterocycles. The first-order valence-corrected chi connectivity index (χ1v) is 4.16. The molecular weight excluding hydrogens is 227 g/mol. The first-order valence-electron chi connectivity index (χ1n) is 3.08. The Bertz CT molecular complexity index is 207. The summed E-state index contributed by atoms with van der Waals surface area (Å²) in [6, 6.07) is 2.16. The molecule has 0 atom stereocenters. The molecule has 0 N–H and O–H groups in total. The number of halogens is 1.